The van der Waals surface area contributed by atoms with Gasteiger partial charge in [-0.15, -0.1) is 0 Å². The average Bonchev–Trinajstić information content (AvgIpc) is 3.17. The summed E-state index contributed by atoms with van der Waals surface area (Å²) in [5.41, 5.74) is 2.81. The number of fused-ring (bicyclic) bond motifs is 1. The van der Waals surface area contributed by atoms with Crippen molar-refractivity contribution in [1.82, 2.24) is 24.1 Å². The predicted octanol–water partition coefficient (Wildman–Crippen LogP) is 2.94. The molecule has 4 rings (SSSR count). The van der Waals surface area contributed by atoms with Crippen molar-refractivity contribution < 1.29 is 5.11 Å². The van der Waals surface area contributed by atoms with Gasteiger partial charge in [-0.25, -0.2) is 14.6 Å². The molecule has 0 spiro atoms. The van der Waals surface area contributed by atoms with Gasteiger partial charge in [0.05, 0.1) is 17.8 Å². The smallest absolute Gasteiger partial charge is 0.179 e. The van der Waals surface area contributed by atoms with Gasteiger partial charge >= 0.3 is 0 Å². The van der Waals surface area contributed by atoms with Gasteiger partial charge in [-0.3, -0.25) is 0 Å². The molecular weight excluding hydrogens is 302 g/mol. The number of aliphatic hydroxyl groups is 1. The molecule has 0 amide bonds. The van der Waals surface area contributed by atoms with Crippen molar-refractivity contribution in [2.45, 2.75) is 58.1 Å². The molecule has 1 fully saturated rings. The maximum absolute atomic E-state index is 10.5. The number of hydrogen-bond donors (Lipinski definition) is 1. The molecule has 0 saturated heterocycles. The third-order valence-electron chi connectivity index (χ3n) is 4.98. The van der Waals surface area contributed by atoms with Gasteiger partial charge < -0.3 is 9.51 Å². The highest BCUT2D eigenvalue weighted by Crippen LogP contribution is 2.32. The predicted molar refractivity (Wildman–Crippen MR) is 91.8 cm³/mol. The number of nitrogens with zero attached hydrogens (tertiary/aromatic N) is 5. The molecule has 24 heavy (non-hydrogen) atoms. The summed E-state index contributed by atoms with van der Waals surface area (Å²) in [4.78, 5) is 9.50. The summed E-state index contributed by atoms with van der Waals surface area (Å²) in [5, 5.41) is 15.2. The lowest BCUT2D eigenvalue weighted by Crippen LogP contribution is -2.29. The first kappa shape index (κ1) is 15.3. The highest BCUT2D eigenvalue weighted by molar-refractivity contribution is 5.60. The Morgan fingerprint density at radius 2 is 2.04 bits per heavy atom. The highest BCUT2D eigenvalue weighted by Gasteiger charge is 2.30. The van der Waals surface area contributed by atoms with E-state index in [1.54, 1.807) is 0 Å². The summed E-state index contributed by atoms with van der Waals surface area (Å²) >= 11 is 0. The Hall–Kier alpha value is -2.21. The van der Waals surface area contributed by atoms with Gasteiger partial charge in [0.2, 0.25) is 0 Å². The van der Waals surface area contributed by atoms with Gasteiger partial charge in [0.1, 0.15) is 11.3 Å². The van der Waals surface area contributed by atoms with E-state index in [2.05, 4.69) is 23.3 Å². The molecule has 6 nitrogen and oxygen atoms in total. The number of rotatable bonds is 3. The monoisotopic (exact) mass is 325 g/mol. The van der Waals surface area contributed by atoms with E-state index < -0.39 is 0 Å². The fourth-order valence-corrected chi connectivity index (χ4v) is 3.62. The zero-order valence-corrected chi connectivity index (χ0v) is 14.2. The molecule has 3 aromatic heterocycles. The van der Waals surface area contributed by atoms with E-state index in [4.69, 9.17) is 9.97 Å². The van der Waals surface area contributed by atoms with Crippen molar-refractivity contribution in [3.63, 3.8) is 0 Å². The van der Waals surface area contributed by atoms with Crippen LogP contribution >= 0.6 is 0 Å². The Balaban J connectivity index is 1.87. The normalized spacial score (nSPS) is 21.5. The lowest BCUT2D eigenvalue weighted by atomic mass is 9.92. The Bertz CT molecular complexity index is 866. The summed E-state index contributed by atoms with van der Waals surface area (Å²) in [5.74, 6) is 1.58. The zero-order chi connectivity index (χ0) is 16.7. The van der Waals surface area contributed by atoms with Crippen LogP contribution in [0, 0.1) is 6.92 Å². The molecule has 1 aliphatic rings. The maximum atomic E-state index is 10.5. The zero-order valence-electron chi connectivity index (χ0n) is 14.2. The molecule has 3 heterocycles. The van der Waals surface area contributed by atoms with Crippen LogP contribution in [-0.2, 0) is 6.42 Å². The lowest BCUT2D eigenvalue weighted by Gasteiger charge is -2.28. The Labute approximate surface area is 141 Å². The first-order valence-electron chi connectivity index (χ1n) is 8.76. The van der Waals surface area contributed by atoms with Gasteiger partial charge in [0, 0.05) is 12.6 Å². The van der Waals surface area contributed by atoms with E-state index in [1.807, 2.05) is 29.1 Å². The summed E-state index contributed by atoms with van der Waals surface area (Å²) in [6.07, 6.45) is 6.39. The van der Waals surface area contributed by atoms with E-state index in [0.29, 0.717) is 0 Å². The summed E-state index contributed by atoms with van der Waals surface area (Å²) < 4.78 is 3.99. The molecule has 1 saturated carbocycles. The lowest BCUT2D eigenvalue weighted by molar-refractivity contribution is 0.0700. The van der Waals surface area contributed by atoms with Gasteiger partial charge in [-0.2, -0.15) is 5.10 Å². The molecular formula is C18H23N5O. The third-order valence-corrected chi connectivity index (χ3v) is 4.98. The van der Waals surface area contributed by atoms with Crippen LogP contribution in [0.15, 0.2) is 24.4 Å². The molecule has 1 N–H and O–H groups in total. The van der Waals surface area contributed by atoms with Gasteiger partial charge in [0.15, 0.2) is 11.6 Å². The van der Waals surface area contributed by atoms with E-state index in [-0.39, 0.29) is 12.1 Å². The Kier molecular flexibility index (Phi) is 3.84. The van der Waals surface area contributed by atoms with Crippen LogP contribution in [0.1, 0.15) is 50.2 Å². The SMILES string of the molecule is CCc1nc(-c2nc3ccccn3c2C)n([C@@H]2CCCC[C@H]2O)n1. The van der Waals surface area contributed by atoms with Crippen molar-refractivity contribution >= 4 is 5.65 Å². The molecule has 1 aliphatic carbocycles. The molecule has 3 aromatic rings. The number of imidazole rings is 1. The maximum Gasteiger partial charge on any atom is 0.179 e. The fraction of sp³-hybridized carbons (Fsp3) is 0.500. The second-order valence-corrected chi connectivity index (χ2v) is 6.54. The van der Waals surface area contributed by atoms with Crippen molar-refractivity contribution in [3.05, 3.63) is 35.9 Å². The van der Waals surface area contributed by atoms with Crippen LogP contribution in [-0.4, -0.2) is 35.4 Å². The standard InChI is InChI=1S/C18H23N5O/c1-3-15-19-18(23(21-15)13-8-4-5-9-14(13)24)17-12(2)22-11-7-6-10-16(22)20-17/h6-7,10-11,13-14,24H,3-5,8-9H2,1-2H3/t13-,14-/m1/s1. The van der Waals surface area contributed by atoms with Crippen molar-refractivity contribution in [1.29, 1.82) is 0 Å². The molecule has 6 heteroatoms. The van der Waals surface area contributed by atoms with Crippen molar-refractivity contribution in [2.24, 2.45) is 0 Å². The number of aliphatic hydroxyl groups excluding tert-OH is 1. The van der Waals surface area contributed by atoms with Gasteiger partial charge in [-0.1, -0.05) is 25.8 Å². The quantitative estimate of drug-likeness (QED) is 0.804. The summed E-state index contributed by atoms with van der Waals surface area (Å²) in [6, 6.07) is 5.97. The average molecular weight is 325 g/mol. The summed E-state index contributed by atoms with van der Waals surface area (Å²) in [7, 11) is 0. The second-order valence-electron chi connectivity index (χ2n) is 6.54. The number of pyridine rings is 1. The molecule has 0 aliphatic heterocycles. The van der Waals surface area contributed by atoms with E-state index in [1.165, 1.54) is 0 Å². The van der Waals surface area contributed by atoms with Gasteiger partial charge in [0.25, 0.3) is 0 Å². The molecule has 0 bridgehead atoms. The highest BCUT2D eigenvalue weighted by atomic mass is 16.3. The first-order valence-corrected chi connectivity index (χ1v) is 8.76. The van der Waals surface area contributed by atoms with Crippen LogP contribution in [0.3, 0.4) is 0 Å². The molecule has 0 aromatic carbocycles. The Morgan fingerprint density at radius 3 is 2.79 bits per heavy atom. The number of hydrogen-bond acceptors (Lipinski definition) is 4. The van der Waals surface area contributed by atoms with Crippen LogP contribution in [0.2, 0.25) is 0 Å². The third kappa shape index (κ3) is 2.41. The minimum absolute atomic E-state index is 0.00855. The van der Waals surface area contributed by atoms with E-state index >= 15 is 0 Å². The van der Waals surface area contributed by atoms with Crippen LogP contribution in [0.25, 0.3) is 17.2 Å². The largest absolute Gasteiger partial charge is 0.391 e. The van der Waals surface area contributed by atoms with Crippen molar-refractivity contribution in [3.8, 4) is 11.5 Å². The molecule has 126 valence electrons. The topological polar surface area (TPSA) is 68.2 Å². The van der Waals surface area contributed by atoms with Crippen molar-refractivity contribution in [2.75, 3.05) is 0 Å². The van der Waals surface area contributed by atoms with E-state index in [0.717, 1.165) is 60.8 Å². The first-order chi connectivity index (χ1) is 11.7. The Morgan fingerprint density at radius 1 is 1.21 bits per heavy atom. The second kappa shape index (κ2) is 6.02. The van der Waals surface area contributed by atoms with Crippen LogP contribution in [0.5, 0.6) is 0 Å². The molecule has 2 atom stereocenters. The molecule has 0 radical (unpaired) electrons. The summed E-state index contributed by atoms with van der Waals surface area (Å²) in [6.45, 7) is 4.11. The van der Waals surface area contributed by atoms with E-state index in [9.17, 15) is 5.11 Å². The van der Waals surface area contributed by atoms with Gasteiger partial charge in [-0.05, 0) is 31.9 Å². The minimum Gasteiger partial charge on any atom is -0.391 e. The van der Waals surface area contributed by atoms with Crippen LogP contribution < -0.4 is 0 Å². The van der Waals surface area contributed by atoms with Crippen LogP contribution in [0.4, 0.5) is 0 Å². The fourth-order valence-electron chi connectivity index (χ4n) is 3.62. The number of aryl methyl sites for hydroxylation is 2. The minimum atomic E-state index is -0.360. The number of aromatic nitrogens is 5. The molecule has 0 unspecified atom stereocenters.